The zero-order valence-electron chi connectivity index (χ0n) is 14.9. The SMILES string of the molecule is O[C@H]1CCC[C@H](Nc2cccc3nc(Nc4ccc(C(F)(F)F)cc4)nn23)C1.[HH]. The van der Waals surface area contributed by atoms with Gasteiger partial charge in [-0.1, -0.05) is 6.07 Å². The van der Waals surface area contributed by atoms with Crippen molar-refractivity contribution in [2.24, 2.45) is 0 Å². The zero-order valence-corrected chi connectivity index (χ0v) is 14.9. The van der Waals surface area contributed by atoms with Crippen molar-refractivity contribution < 1.29 is 19.7 Å². The molecule has 0 saturated heterocycles. The van der Waals surface area contributed by atoms with Gasteiger partial charge < -0.3 is 15.7 Å². The number of aliphatic hydroxyl groups excluding tert-OH is 1. The number of aromatic nitrogens is 3. The molecule has 4 rings (SSSR count). The lowest BCUT2D eigenvalue weighted by Crippen LogP contribution is -2.30. The number of alkyl halides is 3. The van der Waals surface area contributed by atoms with Crippen molar-refractivity contribution in [1.29, 1.82) is 0 Å². The first kappa shape index (κ1) is 18.5. The summed E-state index contributed by atoms with van der Waals surface area (Å²) in [6.45, 7) is 0. The summed E-state index contributed by atoms with van der Waals surface area (Å²) in [4.78, 5) is 4.38. The molecule has 2 atom stereocenters. The Balaban J connectivity index is 0.00000240. The van der Waals surface area contributed by atoms with Crippen LogP contribution in [0.4, 0.5) is 30.6 Å². The van der Waals surface area contributed by atoms with E-state index in [9.17, 15) is 18.3 Å². The van der Waals surface area contributed by atoms with Crippen LogP contribution in [-0.4, -0.2) is 31.9 Å². The van der Waals surface area contributed by atoms with Crippen LogP contribution in [0.1, 0.15) is 32.7 Å². The van der Waals surface area contributed by atoms with Gasteiger partial charge in [-0.05, 0) is 62.1 Å². The van der Waals surface area contributed by atoms with Crippen molar-refractivity contribution in [3.8, 4) is 0 Å². The molecule has 1 aliphatic rings. The summed E-state index contributed by atoms with van der Waals surface area (Å²) in [6, 6.07) is 10.4. The summed E-state index contributed by atoms with van der Waals surface area (Å²) in [5, 5.41) is 20.6. The number of pyridine rings is 1. The number of benzene rings is 1. The fraction of sp³-hybridized carbons (Fsp3) is 0.368. The number of fused-ring (bicyclic) bond motifs is 1. The molecule has 2 aromatic heterocycles. The molecule has 0 amide bonds. The highest BCUT2D eigenvalue weighted by atomic mass is 19.4. The minimum absolute atomic E-state index is 0. The molecule has 9 heteroatoms. The number of anilines is 3. The van der Waals surface area contributed by atoms with E-state index in [2.05, 4.69) is 20.7 Å². The van der Waals surface area contributed by atoms with Crippen molar-refractivity contribution in [3.05, 3.63) is 48.0 Å². The van der Waals surface area contributed by atoms with Gasteiger partial charge in [-0.15, -0.1) is 5.10 Å². The number of hydrogen-bond donors (Lipinski definition) is 3. The maximum atomic E-state index is 12.7. The number of nitrogens with one attached hydrogen (secondary N) is 2. The molecule has 0 aliphatic heterocycles. The Labute approximate surface area is 160 Å². The molecule has 0 spiro atoms. The van der Waals surface area contributed by atoms with E-state index in [4.69, 9.17) is 0 Å². The highest BCUT2D eigenvalue weighted by molar-refractivity contribution is 5.58. The standard InChI is InChI=1S/C19H20F3N5O.H2/c20-19(21,22)12-7-9-13(10-8-12)24-18-25-17-6-2-5-16(27(17)26-18)23-14-3-1-4-15(28)11-14;/h2,5-10,14-15,23,28H,1,3-4,11H2,(H,24,26);1H/t14-,15-;/m0./s1. The third kappa shape index (κ3) is 4.04. The Morgan fingerprint density at radius 1 is 1.11 bits per heavy atom. The van der Waals surface area contributed by atoms with Gasteiger partial charge in [0.25, 0.3) is 0 Å². The van der Waals surface area contributed by atoms with E-state index in [0.717, 1.165) is 37.2 Å². The Bertz CT molecular complexity index is 961. The lowest BCUT2D eigenvalue weighted by molar-refractivity contribution is -0.137. The van der Waals surface area contributed by atoms with Crippen LogP contribution in [0.25, 0.3) is 5.65 Å². The van der Waals surface area contributed by atoms with E-state index in [-0.39, 0.29) is 19.5 Å². The number of halogens is 3. The third-order valence-electron chi connectivity index (χ3n) is 4.83. The average Bonchev–Trinajstić information content (AvgIpc) is 3.05. The van der Waals surface area contributed by atoms with Crippen molar-refractivity contribution >= 4 is 23.1 Å². The number of hydrogen-bond acceptors (Lipinski definition) is 5. The minimum Gasteiger partial charge on any atom is -0.393 e. The third-order valence-corrected chi connectivity index (χ3v) is 4.83. The largest absolute Gasteiger partial charge is 0.416 e. The summed E-state index contributed by atoms with van der Waals surface area (Å²) in [6.07, 6.45) is -1.22. The van der Waals surface area contributed by atoms with Crippen molar-refractivity contribution in [1.82, 2.24) is 14.6 Å². The van der Waals surface area contributed by atoms with Crippen LogP contribution in [0.5, 0.6) is 0 Å². The van der Waals surface area contributed by atoms with E-state index in [1.807, 2.05) is 12.1 Å². The van der Waals surface area contributed by atoms with Crippen LogP contribution in [0, 0.1) is 0 Å². The smallest absolute Gasteiger partial charge is 0.393 e. The van der Waals surface area contributed by atoms with Crippen molar-refractivity contribution in [2.45, 2.75) is 44.0 Å². The van der Waals surface area contributed by atoms with Crippen molar-refractivity contribution in [3.63, 3.8) is 0 Å². The maximum Gasteiger partial charge on any atom is 0.416 e. The zero-order chi connectivity index (χ0) is 19.7. The predicted molar refractivity (Wildman–Crippen MR) is 102 cm³/mol. The van der Waals surface area contributed by atoms with Crippen LogP contribution < -0.4 is 10.6 Å². The molecule has 28 heavy (non-hydrogen) atoms. The topological polar surface area (TPSA) is 74.5 Å². The molecule has 1 aromatic carbocycles. The second-order valence-electron chi connectivity index (χ2n) is 6.98. The van der Waals surface area contributed by atoms with Gasteiger partial charge in [-0.2, -0.15) is 22.7 Å². The molecule has 1 fully saturated rings. The molecule has 0 unspecified atom stereocenters. The molecule has 6 nitrogen and oxygen atoms in total. The Kier molecular flexibility index (Phi) is 4.84. The monoisotopic (exact) mass is 393 g/mol. The Morgan fingerprint density at radius 2 is 1.89 bits per heavy atom. The molecule has 1 saturated carbocycles. The number of rotatable bonds is 4. The Morgan fingerprint density at radius 3 is 2.61 bits per heavy atom. The molecule has 150 valence electrons. The quantitative estimate of drug-likeness (QED) is 0.611. The van der Waals surface area contributed by atoms with Gasteiger partial charge in [0.1, 0.15) is 5.82 Å². The first-order chi connectivity index (χ1) is 13.4. The Hall–Kier alpha value is -2.81. The summed E-state index contributed by atoms with van der Waals surface area (Å²) in [5.74, 6) is 1.04. The second kappa shape index (κ2) is 7.31. The van der Waals surface area contributed by atoms with Crippen LogP contribution in [0.2, 0.25) is 0 Å². The molecule has 3 aromatic rings. The van der Waals surface area contributed by atoms with Gasteiger partial charge in [0.2, 0.25) is 5.95 Å². The predicted octanol–water partition coefficient (Wildman–Crippen LogP) is 4.45. The molecule has 0 bridgehead atoms. The first-order valence-corrected chi connectivity index (χ1v) is 9.13. The molecular formula is C19H22F3N5O. The van der Waals surface area contributed by atoms with E-state index in [1.54, 1.807) is 10.6 Å². The summed E-state index contributed by atoms with van der Waals surface area (Å²) >= 11 is 0. The van der Waals surface area contributed by atoms with E-state index in [1.165, 1.54) is 12.1 Å². The van der Waals surface area contributed by atoms with Crippen LogP contribution in [0.3, 0.4) is 0 Å². The van der Waals surface area contributed by atoms with Crippen LogP contribution in [-0.2, 0) is 6.18 Å². The lowest BCUT2D eigenvalue weighted by Gasteiger charge is -2.27. The fourth-order valence-electron chi connectivity index (χ4n) is 3.44. The van der Waals surface area contributed by atoms with Gasteiger partial charge in [-0.3, -0.25) is 0 Å². The molecular weight excluding hydrogens is 371 g/mol. The van der Waals surface area contributed by atoms with E-state index in [0.29, 0.717) is 17.8 Å². The molecule has 1 aliphatic carbocycles. The molecule has 3 N–H and O–H groups in total. The normalized spacial score (nSPS) is 20.3. The first-order valence-electron chi connectivity index (χ1n) is 9.13. The number of aliphatic hydroxyl groups is 1. The van der Waals surface area contributed by atoms with E-state index < -0.39 is 11.7 Å². The van der Waals surface area contributed by atoms with Crippen LogP contribution >= 0.6 is 0 Å². The summed E-state index contributed by atoms with van der Waals surface area (Å²) in [5.41, 5.74) is 0.367. The van der Waals surface area contributed by atoms with Gasteiger partial charge in [0, 0.05) is 13.2 Å². The maximum absolute atomic E-state index is 12.7. The fourth-order valence-corrected chi connectivity index (χ4v) is 3.44. The summed E-state index contributed by atoms with van der Waals surface area (Å²) in [7, 11) is 0. The van der Waals surface area contributed by atoms with E-state index >= 15 is 0 Å². The van der Waals surface area contributed by atoms with Gasteiger partial charge >= 0.3 is 6.18 Å². The summed E-state index contributed by atoms with van der Waals surface area (Å²) < 4.78 is 39.7. The number of nitrogens with zero attached hydrogens (tertiary/aromatic N) is 3. The highest BCUT2D eigenvalue weighted by Crippen LogP contribution is 2.30. The average molecular weight is 393 g/mol. The van der Waals surface area contributed by atoms with Gasteiger partial charge in [-0.25, -0.2) is 0 Å². The lowest BCUT2D eigenvalue weighted by atomic mass is 9.93. The molecule has 0 radical (unpaired) electrons. The highest BCUT2D eigenvalue weighted by Gasteiger charge is 2.30. The van der Waals surface area contributed by atoms with Gasteiger partial charge in [0.05, 0.1) is 11.7 Å². The minimum atomic E-state index is -4.37. The molecule has 2 heterocycles. The van der Waals surface area contributed by atoms with Gasteiger partial charge in [0.15, 0.2) is 5.65 Å². The second-order valence-corrected chi connectivity index (χ2v) is 6.98. The van der Waals surface area contributed by atoms with Crippen LogP contribution in [0.15, 0.2) is 42.5 Å². The van der Waals surface area contributed by atoms with Crippen molar-refractivity contribution in [2.75, 3.05) is 10.6 Å².